The van der Waals surface area contributed by atoms with Crippen molar-refractivity contribution in [2.24, 2.45) is 39.9 Å². The van der Waals surface area contributed by atoms with Gasteiger partial charge in [-0.25, -0.2) is 0 Å². The molecule has 3 fully saturated rings. The molecule has 2 heteroatoms. The van der Waals surface area contributed by atoms with Crippen LogP contribution in [0.15, 0.2) is 41.7 Å². The average molecular weight is 431 g/mol. The zero-order valence-corrected chi connectivity index (χ0v) is 21.9. The van der Waals surface area contributed by atoms with Crippen LogP contribution in [-0.2, 0) is 0 Å². The Kier molecular flexibility index (Phi) is 10.1. The Morgan fingerprint density at radius 2 is 1.52 bits per heavy atom. The molecule has 0 bridgehead atoms. The molecular weight excluding hydrogens is 380 g/mol. The van der Waals surface area contributed by atoms with Gasteiger partial charge in [0.05, 0.1) is 0 Å². The van der Waals surface area contributed by atoms with Gasteiger partial charge in [-0.3, -0.25) is 0 Å². The molecule has 178 valence electrons. The van der Waals surface area contributed by atoms with E-state index in [2.05, 4.69) is 73.8 Å². The van der Waals surface area contributed by atoms with Crippen molar-refractivity contribution in [2.45, 2.75) is 88.0 Å². The Bertz CT molecular complexity index is 686. The predicted molar refractivity (Wildman–Crippen MR) is 135 cm³/mol. The van der Waals surface area contributed by atoms with E-state index in [1.165, 1.54) is 24.0 Å². The molecule has 0 saturated heterocycles. The summed E-state index contributed by atoms with van der Waals surface area (Å²) < 4.78 is 0. The normalized spacial score (nSPS) is 32.5. The average Bonchev–Trinajstić information content (AvgIpc) is 2.71. The monoisotopic (exact) mass is 430 g/mol. The molecule has 4 atom stereocenters. The second-order valence-corrected chi connectivity index (χ2v) is 11.3. The lowest BCUT2D eigenvalue weighted by molar-refractivity contribution is -0.0258. The van der Waals surface area contributed by atoms with Gasteiger partial charge in [0, 0.05) is 13.2 Å². The van der Waals surface area contributed by atoms with E-state index in [0.29, 0.717) is 36.4 Å². The van der Waals surface area contributed by atoms with Crippen molar-refractivity contribution in [1.29, 1.82) is 0 Å². The van der Waals surface area contributed by atoms with Crippen LogP contribution in [-0.4, -0.2) is 23.4 Å². The van der Waals surface area contributed by atoms with E-state index >= 15 is 0 Å². The summed E-state index contributed by atoms with van der Waals surface area (Å²) >= 11 is 0. The molecule has 3 aliphatic rings. The van der Waals surface area contributed by atoms with Crippen molar-refractivity contribution < 1.29 is 10.2 Å². The summed E-state index contributed by atoms with van der Waals surface area (Å²) in [6, 6.07) is 0. The quantitative estimate of drug-likeness (QED) is 0.362. The topological polar surface area (TPSA) is 40.5 Å². The van der Waals surface area contributed by atoms with Crippen LogP contribution in [0, 0.1) is 39.9 Å². The van der Waals surface area contributed by atoms with E-state index in [9.17, 15) is 0 Å². The van der Waals surface area contributed by atoms with Gasteiger partial charge in [-0.2, -0.15) is 0 Å². The molecular formula is C29H50O2. The first-order valence-electron chi connectivity index (χ1n) is 12.3. The van der Waals surface area contributed by atoms with Crippen LogP contribution in [0.5, 0.6) is 0 Å². The first-order chi connectivity index (χ1) is 14.4. The van der Waals surface area contributed by atoms with Crippen LogP contribution in [0.4, 0.5) is 0 Å². The highest BCUT2D eigenvalue weighted by Crippen LogP contribution is 2.52. The smallest absolute Gasteiger partial charge is 0.0470 e. The van der Waals surface area contributed by atoms with E-state index in [1.807, 2.05) is 19.1 Å². The highest BCUT2D eigenvalue weighted by Gasteiger charge is 2.45. The van der Waals surface area contributed by atoms with E-state index in [1.54, 1.807) is 0 Å². The first-order valence-corrected chi connectivity index (χ1v) is 12.3. The fourth-order valence-electron chi connectivity index (χ4n) is 5.42. The summed E-state index contributed by atoms with van der Waals surface area (Å²) in [6.07, 6.45) is 11.0. The number of aliphatic hydroxyl groups is 2. The minimum Gasteiger partial charge on any atom is -0.396 e. The van der Waals surface area contributed by atoms with Gasteiger partial charge in [-0.15, -0.1) is 12.3 Å². The Morgan fingerprint density at radius 1 is 0.935 bits per heavy atom. The summed E-state index contributed by atoms with van der Waals surface area (Å²) in [6.45, 7) is 24.3. The summed E-state index contributed by atoms with van der Waals surface area (Å²) in [5, 5.41) is 17.8. The molecule has 3 rings (SSSR count). The molecule has 0 amide bonds. The van der Waals surface area contributed by atoms with Crippen molar-refractivity contribution in [3.63, 3.8) is 0 Å². The fraction of sp³-hybridized carbons (Fsp3) is 0.759. The molecule has 4 unspecified atom stereocenters. The van der Waals surface area contributed by atoms with Crippen LogP contribution in [0.3, 0.4) is 0 Å². The fourth-order valence-corrected chi connectivity index (χ4v) is 5.42. The van der Waals surface area contributed by atoms with E-state index in [0.717, 1.165) is 18.8 Å². The molecule has 3 saturated carbocycles. The summed E-state index contributed by atoms with van der Waals surface area (Å²) in [4.78, 5) is 0. The van der Waals surface area contributed by atoms with Gasteiger partial charge in [-0.05, 0) is 84.7 Å². The lowest BCUT2D eigenvalue weighted by Crippen LogP contribution is -2.45. The predicted octanol–water partition coefficient (Wildman–Crippen LogP) is 7.34. The van der Waals surface area contributed by atoms with Gasteiger partial charge in [0.1, 0.15) is 0 Å². The Morgan fingerprint density at radius 3 is 1.84 bits per heavy atom. The lowest BCUT2D eigenvalue weighted by Gasteiger charge is -2.50. The molecule has 0 radical (unpaired) electrons. The second kappa shape index (κ2) is 11.2. The third-order valence-electron chi connectivity index (χ3n) is 8.99. The maximum Gasteiger partial charge on any atom is 0.0470 e. The molecule has 2 nitrogen and oxygen atoms in total. The molecule has 0 aliphatic heterocycles. The number of hydrogen-bond donors (Lipinski definition) is 2. The zero-order chi connectivity index (χ0) is 24.0. The molecule has 3 aliphatic carbocycles. The van der Waals surface area contributed by atoms with Crippen LogP contribution in [0.1, 0.15) is 88.0 Å². The second-order valence-electron chi connectivity index (χ2n) is 11.3. The molecule has 31 heavy (non-hydrogen) atoms. The molecule has 0 aromatic rings. The number of hydrogen-bond acceptors (Lipinski definition) is 2. The van der Waals surface area contributed by atoms with Crippen molar-refractivity contribution in [1.82, 2.24) is 0 Å². The van der Waals surface area contributed by atoms with Crippen molar-refractivity contribution in [3.8, 4) is 0 Å². The summed E-state index contributed by atoms with van der Waals surface area (Å²) in [7, 11) is 0. The first kappa shape index (κ1) is 28.0. The van der Waals surface area contributed by atoms with Crippen LogP contribution in [0.25, 0.3) is 0 Å². The van der Waals surface area contributed by atoms with Crippen molar-refractivity contribution >= 4 is 0 Å². The minimum atomic E-state index is 0.267. The maximum atomic E-state index is 8.91. The van der Waals surface area contributed by atoms with E-state index in [-0.39, 0.29) is 10.8 Å². The van der Waals surface area contributed by atoms with Gasteiger partial charge in [0.25, 0.3) is 0 Å². The Hall–Kier alpha value is -1.08. The zero-order valence-electron chi connectivity index (χ0n) is 21.9. The standard InChI is InChI=1S/C11H18.2C9H16O/c1-5-7-10-8-9(6-2)11(10,3)4;2*1-4-7-5-8(6-10)9(7,2)3/h5,9H,6,8H2,1-4H3;4,8,10H,5-6H2,1-3H3;4,7-8,10H,1,5-6H2,2-3H3/b;7-4+;. The molecule has 0 aromatic heterocycles. The van der Waals surface area contributed by atoms with Gasteiger partial charge in [-0.1, -0.05) is 72.6 Å². The summed E-state index contributed by atoms with van der Waals surface area (Å²) in [5.41, 5.74) is 7.31. The van der Waals surface area contributed by atoms with Crippen LogP contribution >= 0.6 is 0 Å². The SMILES string of the molecule is C/C=C1\CC(CO)C1(C)C.C=CC1CC(CO)C1(C)C.CC=C=C1CC(CC)C1(C)C. The Labute approximate surface area is 193 Å². The van der Waals surface area contributed by atoms with Crippen molar-refractivity contribution in [2.75, 3.05) is 13.2 Å². The number of aliphatic hydroxyl groups excluding tert-OH is 2. The van der Waals surface area contributed by atoms with Crippen LogP contribution in [0.2, 0.25) is 0 Å². The largest absolute Gasteiger partial charge is 0.396 e. The summed E-state index contributed by atoms with van der Waals surface area (Å²) in [5.74, 6) is 2.50. The van der Waals surface area contributed by atoms with Gasteiger partial charge in [0.2, 0.25) is 0 Å². The molecule has 0 heterocycles. The molecule has 2 N–H and O–H groups in total. The van der Waals surface area contributed by atoms with E-state index < -0.39 is 0 Å². The van der Waals surface area contributed by atoms with Gasteiger partial charge in [0.15, 0.2) is 0 Å². The maximum absolute atomic E-state index is 8.91. The highest BCUT2D eigenvalue weighted by atomic mass is 16.3. The highest BCUT2D eigenvalue weighted by molar-refractivity contribution is 5.24. The third kappa shape index (κ3) is 5.84. The molecule has 0 spiro atoms. The van der Waals surface area contributed by atoms with Gasteiger partial charge < -0.3 is 10.2 Å². The Balaban J connectivity index is 0.000000233. The third-order valence-corrected chi connectivity index (χ3v) is 8.99. The minimum absolute atomic E-state index is 0.267. The van der Waals surface area contributed by atoms with E-state index in [4.69, 9.17) is 10.2 Å². The number of allylic oxidation sites excluding steroid dienone is 4. The number of rotatable bonds is 4. The van der Waals surface area contributed by atoms with Gasteiger partial charge >= 0.3 is 0 Å². The molecule has 0 aromatic carbocycles. The lowest BCUT2D eigenvalue weighted by atomic mass is 9.55. The van der Waals surface area contributed by atoms with Crippen LogP contribution < -0.4 is 0 Å². The van der Waals surface area contributed by atoms with Crippen molar-refractivity contribution in [3.05, 3.63) is 41.7 Å².